The van der Waals surface area contributed by atoms with Crippen LogP contribution >= 0.6 is 22.7 Å². The minimum absolute atomic E-state index is 0.281. The molecule has 3 rings (SSSR count). The molecule has 1 aliphatic carbocycles. The van der Waals surface area contributed by atoms with Gasteiger partial charge >= 0.3 is 0 Å². The molecular formula is C14H16N4S2. The molecule has 6 heteroatoms. The summed E-state index contributed by atoms with van der Waals surface area (Å²) in [6.07, 6.45) is 12.1. The van der Waals surface area contributed by atoms with Gasteiger partial charge in [0.25, 0.3) is 0 Å². The van der Waals surface area contributed by atoms with Crippen LogP contribution in [0.3, 0.4) is 0 Å². The van der Waals surface area contributed by atoms with Gasteiger partial charge in [0.05, 0.1) is 24.5 Å². The minimum atomic E-state index is 0.281. The Hall–Kier alpha value is -1.40. The largest absolute Gasteiger partial charge is 0.284 e. The standard InChI is InChI=1S/C14H16N4S2/c1-2-4-12(18-10-14-16-6-8-20-14)11(3-1)17-9-13-15-5-7-19-13/h5-12H,1-4H2/b17-9+,18-10+. The zero-order valence-electron chi connectivity index (χ0n) is 11.1. The lowest BCUT2D eigenvalue weighted by Gasteiger charge is -2.25. The van der Waals surface area contributed by atoms with Gasteiger partial charge in [0.15, 0.2) is 0 Å². The summed E-state index contributed by atoms with van der Waals surface area (Å²) < 4.78 is 0. The molecule has 0 aromatic carbocycles. The highest BCUT2D eigenvalue weighted by Crippen LogP contribution is 2.24. The second kappa shape index (κ2) is 6.85. The molecule has 0 amide bonds. The van der Waals surface area contributed by atoms with E-state index in [9.17, 15) is 0 Å². The zero-order chi connectivity index (χ0) is 13.6. The van der Waals surface area contributed by atoms with E-state index < -0.39 is 0 Å². The van der Waals surface area contributed by atoms with Gasteiger partial charge < -0.3 is 0 Å². The molecule has 2 aromatic rings. The number of aliphatic imine (C=N–C) groups is 2. The molecular weight excluding hydrogens is 288 g/mol. The van der Waals surface area contributed by atoms with E-state index in [-0.39, 0.29) is 12.1 Å². The highest BCUT2D eigenvalue weighted by Gasteiger charge is 2.23. The summed E-state index contributed by atoms with van der Waals surface area (Å²) in [6, 6.07) is 0.563. The van der Waals surface area contributed by atoms with Gasteiger partial charge in [-0.1, -0.05) is 12.8 Å². The predicted molar refractivity (Wildman–Crippen MR) is 85.5 cm³/mol. The summed E-state index contributed by atoms with van der Waals surface area (Å²) in [6.45, 7) is 0. The third-order valence-corrected chi connectivity index (χ3v) is 4.77. The van der Waals surface area contributed by atoms with Crippen molar-refractivity contribution in [1.29, 1.82) is 0 Å². The van der Waals surface area contributed by atoms with Gasteiger partial charge in [-0.25, -0.2) is 9.97 Å². The van der Waals surface area contributed by atoms with Gasteiger partial charge in [-0.3, -0.25) is 9.98 Å². The van der Waals surface area contributed by atoms with Crippen LogP contribution in [0.15, 0.2) is 33.1 Å². The predicted octanol–water partition coefficient (Wildman–Crippen LogP) is 3.45. The Kier molecular flexibility index (Phi) is 4.65. The van der Waals surface area contributed by atoms with Crippen LogP contribution in [0.2, 0.25) is 0 Å². The molecule has 2 unspecified atom stereocenters. The van der Waals surface area contributed by atoms with Crippen molar-refractivity contribution < 1.29 is 0 Å². The number of aromatic nitrogens is 2. The van der Waals surface area contributed by atoms with Crippen LogP contribution < -0.4 is 0 Å². The van der Waals surface area contributed by atoms with Gasteiger partial charge in [0.2, 0.25) is 0 Å². The third kappa shape index (κ3) is 3.58. The van der Waals surface area contributed by atoms with E-state index in [1.54, 1.807) is 22.7 Å². The Bertz CT molecular complexity index is 508. The fourth-order valence-electron chi connectivity index (χ4n) is 2.35. The molecule has 2 aromatic heterocycles. The van der Waals surface area contributed by atoms with Crippen molar-refractivity contribution in [2.45, 2.75) is 37.8 Å². The van der Waals surface area contributed by atoms with Crippen LogP contribution in [-0.2, 0) is 0 Å². The van der Waals surface area contributed by atoms with Crippen molar-refractivity contribution in [2.75, 3.05) is 0 Å². The maximum absolute atomic E-state index is 4.70. The number of thiazole rings is 2. The van der Waals surface area contributed by atoms with Gasteiger partial charge in [-0.2, -0.15) is 0 Å². The quantitative estimate of drug-likeness (QED) is 0.812. The highest BCUT2D eigenvalue weighted by molar-refractivity contribution is 7.11. The van der Waals surface area contributed by atoms with Gasteiger partial charge in [-0.15, -0.1) is 22.7 Å². The minimum Gasteiger partial charge on any atom is -0.284 e. The van der Waals surface area contributed by atoms with Crippen LogP contribution in [0.5, 0.6) is 0 Å². The summed E-state index contributed by atoms with van der Waals surface area (Å²) in [5.74, 6) is 0. The molecule has 4 nitrogen and oxygen atoms in total. The van der Waals surface area contributed by atoms with Crippen molar-refractivity contribution in [3.8, 4) is 0 Å². The molecule has 1 saturated carbocycles. The summed E-state index contributed by atoms with van der Waals surface area (Å²) in [7, 11) is 0. The normalized spacial score (nSPS) is 23.8. The fourth-order valence-corrected chi connectivity index (χ4v) is 3.36. The van der Waals surface area contributed by atoms with Gasteiger partial charge in [0, 0.05) is 23.2 Å². The molecule has 0 spiro atoms. The van der Waals surface area contributed by atoms with E-state index in [0.29, 0.717) is 0 Å². The molecule has 0 saturated heterocycles. The average Bonchev–Trinajstić information content (AvgIpc) is 3.17. The van der Waals surface area contributed by atoms with E-state index in [1.807, 2.05) is 35.6 Å². The Labute approximate surface area is 126 Å². The molecule has 1 aliphatic rings. The summed E-state index contributed by atoms with van der Waals surface area (Å²) in [5, 5.41) is 5.89. The Balaban J connectivity index is 1.67. The number of nitrogens with zero attached hydrogens (tertiary/aromatic N) is 4. The third-order valence-electron chi connectivity index (χ3n) is 3.35. The maximum Gasteiger partial charge on any atom is 0.133 e. The average molecular weight is 304 g/mol. The SMILES string of the molecule is C(=N\C1CCCCC1/N=C/c1nccs1)/c1nccs1. The van der Waals surface area contributed by atoms with Gasteiger partial charge in [0.1, 0.15) is 10.0 Å². The van der Waals surface area contributed by atoms with E-state index in [4.69, 9.17) is 9.98 Å². The molecule has 104 valence electrons. The lowest BCUT2D eigenvalue weighted by molar-refractivity contribution is 0.390. The van der Waals surface area contributed by atoms with Gasteiger partial charge in [-0.05, 0) is 12.8 Å². The van der Waals surface area contributed by atoms with E-state index in [2.05, 4.69) is 9.97 Å². The first-order valence-electron chi connectivity index (χ1n) is 6.77. The first-order valence-corrected chi connectivity index (χ1v) is 8.53. The van der Waals surface area contributed by atoms with Crippen LogP contribution in [0.4, 0.5) is 0 Å². The number of rotatable bonds is 4. The van der Waals surface area contributed by atoms with Crippen LogP contribution in [0.25, 0.3) is 0 Å². The highest BCUT2D eigenvalue weighted by atomic mass is 32.1. The van der Waals surface area contributed by atoms with Crippen molar-refractivity contribution in [3.63, 3.8) is 0 Å². The van der Waals surface area contributed by atoms with Crippen molar-refractivity contribution >= 4 is 35.1 Å². The maximum atomic E-state index is 4.70. The monoisotopic (exact) mass is 304 g/mol. The fraction of sp³-hybridized carbons (Fsp3) is 0.429. The second-order valence-corrected chi connectivity index (χ2v) is 6.57. The van der Waals surface area contributed by atoms with Crippen molar-refractivity contribution in [2.24, 2.45) is 9.98 Å². The lowest BCUT2D eigenvalue weighted by Crippen LogP contribution is -2.27. The van der Waals surface area contributed by atoms with E-state index in [0.717, 1.165) is 22.9 Å². The first-order chi connectivity index (χ1) is 9.92. The molecule has 0 aliphatic heterocycles. The topological polar surface area (TPSA) is 50.5 Å². The molecule has 20 heavy (non-hydrogen) atoms. The summed E-state index contributed by atoms with van der Waals surface area (Å²) in [4.78, 5) is 17.9. The second-order valence-electron chi connectivity index (χ2n) is 4.72. The lowest BCUT2D eigenvalue weighted by atomic mass is 9.91. The smallest absolute Gasteiger partial charge is 0.133 e. The molecule has 2 atom stereocenters. The Morgan fingerprint density at radius 1 is 0.900 bits per heavy atom. The summed E-state index contributed by atoms with van der Waals surface area (Å²) >= 11 is 3.23. The van der Waals surface area contributed by atoms with Crippen LogP contribution in [0, 0.1) is 0 Å². The van der Waals surface area contributed by atoms with E-state index >= 15 is 0 Å². The Morgan fingerprint density at radius 3 is 1.80 bits per heavy atom. The first kappa shape index (κ1) is 13.6. The van der Waals surface area contributed by atoms with Crippen LogP contribution in [-0.4, -0.2) is 34.5 Å². The van der Waals surface area contributed by atoms with Crippen molar-refractivity contribution in [3.05, 3.63) is 33.2 Å². The van der Waals surface area contributed by atoms with E-state index in [1.165, 1.54) is 12.8 Å². The molecule has 1 fully saturated rings. The van der Waals surface area contributed by atoms with Crippen LogP contribution in [0.1, 0.15) is 35.7 Å². The zero-order valence-corrected chi connectivity index (χ0v) is 12.7. The number of hydrogen-bond acceptors (Lipinski definition) is 6. The Morgan fingerprint density at radius 2 is 1.40 bits per heavy atom. The molecule has 0 bridgehead atoms. The van der Waals surface area contributed by atoms with Crippen molar-refractivity contribution in [1.82, 2.24) is 9.97 Å². The molecule has 0 radical (unpaired) electrons. The number of hydrogen-bond donors (Lipinski definition) is 0. The molecule has 2 heterocycles. The summed E-state index contributed by atoms with van der Waals surface area (Å²) in [5.41, 5.74) is 0. The molecule has 0 N–H and O–H groups in total.